The summed E-state index contributed by atoms with van der Waals surface area (Å²) in [4.78, 5) is 2.56. The Kier molecular flexibility index (Phi) is 6.72. The number of hydrogen-bond acceptors (Lipinski definition) is 1. The lowest BCUT2D eigenvalue weighted by Gasteiger charge is -2.31. The van der Waals surface area contributed by atoms with Crippen LogP contribution in [0.5, 0.6) is 0 Å². The van der Waals surface area contributed by atoms with Crippen molar-refractivity contribution in [3.8, 4) is 17.1 Å². The topological polar surface area (TPSA) is 18.0 Å². The number of aromatic nitrogens is 3. The van der Waals surface area contributed by atoms with Gasteiger partial charge in [-0.3, -0.25) is 13.7 Å². The van der Waals surface area contributed by atoms with Crippen molar-refractivity contribution in [3.63, 3.8) is 0 Å². The molecule has 2 unspecified atom stereocenters. The molecule has 0 saturated heterocycles. The van der Waals surface area contributed by atoms with Gasteiger partial charge in [-0.1, -0.05) is 133 Å². The second-order valence-corrected chi connectivity index (χ2v) is 14.9. The standard InChI is InChI=1S/C52H36N4/c1-5-17-37(18-6-1)53-45-27-15-13-25-41(45)49-43-33-35(29-31-47(43)55(51(49)53)39-21-9-3-10-22-39)36-30-32-48-44(34-36)50-42-26-14-16-28-46(42)54(38-19-7-2-8-20-38)52(50)56(48)40-23-11-4-12-24-40/h1-34,43,47H. The van der Waals surface area contributed by atoms with Gasteiger partial charge in [0.05, 0.1) is 22.6 Å². The Balaban J connectivity index is 1.10. The van der Waals surface area contributed by atoms with Gasteiger partial charge in [0.1, 0.15) is 11.5 Å². The fourth-order valence-electron chi connectivity index (χ4n) is 9.65. The zero-order valence-electron chi connectivity index (χ0n) is 30.6. The first-order valence-electron chi connectivity index (χ1n) is 19.5. The first kappa shape index (κ1) is 31.1. The van der Waals surface area contributed by atoms with Crippen molar-refractivity contribution in [2.45, 2.75) is 12.0 Å². The van der Waals surface area contributed by atoms with Crippen molar-refractivity contribution in [1.29, 1.82) is 0 Å². The molecule has 0 saturated carbocycles. The predicted molar refractivity (Wildman–Crippen MR) is 233 cm³/mol. The third-order valence-electron chi connectivity index (χ3n) is 11.9. The summed E-state index contributed by atoms with van der Waals surface area (Å²) < 4.78 is 7.35. The summed E-state index contributed by atoms with van der Waals surface area (Å²) in [6.07, 6.45) is 7.33. The molecule has 10 aromatic rings. The highest BCUT2D eigenvalue weighted by Gasteiger charge is 2.43. The summed E-state index contributed by atoms with van der Waals surface area (Å²) in [5.74, 6) is 1.40. The van der Waals surface area contributed by atoms with E-state index in [1.54, 1.807) is 0 Å². The van der Waals surface area contributed by atoms with Crippen LogP contribution in [0, 0.1) is 0 Å². The molecule has 0 amide bonds. The molecule has 0 N–H and O–H groups in total. The van der Waals surface area contributed by atoms with Crippen LogP contribution in [0.15, 0.2) is 206 Å². The molecule has 56 heavy (non-hydrogen) atoms. The molecule has 1 aliphatic carbocycles. The van der Waals surface area contributed by atoms with Crippen LogP contribution < -0.4 is 4.90 Å². The van der Waals surface area contributed by atoms with Gasteiger partial charge in [0.15, 0.2) is 0 Å². The van der Waals surface area contributed by atoms with Gasteiger partial charge in [-0.2, -0.15) is 0 Å². The number of allylic oxidation sites excluding steroid dienone is 2. The van der Waals surface area contributed by atoms with Crippen LogP contribution in [0.25, 0.3) is 66.4 Å². The largest absolute Gasteiger partial charge is 0.319 e. The molecule has 4 heteroatoms. The summed E-state index contributed by atoms with van der Waals surface area (Å²) in [6.45, 7) is 0. The van der Waals surface area contributed by atoms with Gasteiger partial charge in [-0.25, -0.2) is 0 Å². The zero-order valence-corrected chi connectivity index (χ0v) is 30.6. The maximum Gasteiger partial charge on any atom is 0.131 e. The number of hydrogen-bond donors (Lipinski definition) is 0. The lowest BCUT2D eigenvalue weighted by molar-refractivity contribution is 0.743. The Morgan fingerprint density at radius 3 is 1.54 bits per heavy atom. The minimum absolute atomic E-state index is 0.143. The van der Waals surface area contributed by atoms with E-state index in [1.165, 1.54) is 77.6 Å². The van der Waals surface area contributed by atoms with Crippen molar-refractivity contribution < 1.29 is 0 Å². The van der Waals surface area contributed by atoms with E-state index in [9.17, 15) is 0 Å². The third kappa shape index (κ3) is 4.41. The van der Waals surface area contributed by atoms with Crippen molar-refractivity contribution in [3.05, 3.63) is 217 Å². The lowest BCUT2D eigenvalue weighted by atomic mass is 9.85. The smallest absolute Gasteiger partial charge is 0.131 e. The van der Waals surface area contributed by atoms with Gasteiger partial charge >= 0.3 is 0 Å². The van der Waals surface area contributed by atoms with Crippen LogP contribution in [-0.4, -0.2) is 19.7 Å². The Morgan fingerprint density at radius 2 is 0.911 bits per heavy atom. The van der Waals surface area contributed by atoms with Crippen LogP contribution in [-0.2, 0) is 0 Å². The van der Waals surface area contributed by atoms with E-state index >= 15 is 0 Å². The molecule has 2 atom stereocenters. The zero-order chi connectivity index (χ0) is 36.7. The molecule has 12 rings (SSSR count). The molecule has 0 bridgehead atoms. The summed E-state index contributed by atoms with van der Waals surface area (Å²) >= 11 is 0. The maximum absolute atomic E-state index is 2.56. The van der Waals surface area contributed by atoms with Crippen LogP contribution in [0.3, 0.4) is 0 Å². The number of benzene rings is 7. The van der Waals surface area contributed by atoms with Gasteiger partial charge in [-0.05, 0) is 83.9 Å². The highest BCUT2D eigenvalue weighted by Crippen LogP contribution is 2.54. The van der Waals surface area contributed by atoms with Crippen LogP contribution in [0.1, 0.15) is 17.0 Å². The van der Waals surface area contributed by atoms with Crippen molar-refractivity contribution >= 4 is 60.8 Å². The van der Waals surface area contributed by atoms with Gasteiger partial charge < -0.3 is 4.90 Å². The SMILES string of the molecule is C1=CC2C(C=C1c1ccc3c(c1)c1c4ccccc4n(-c4ccccc4)c1n3-c1ccccc1)c1c(n(-c3ccccc3)c3ccccc13)N2c1ccccc1. The van der Waals surface area contributed by atoms with E-state index in [1.807, 2.05) is 0 Å². The number of nitrogens with zero attached hydrogens (tertiary/aromatic N) is 4. The Bertz CT molecular complexity index is 3180. The number of para-hydroxylation sites is 6. The summed E-state index contributed by atoms with van der Waals surface area (Å²) in [5.41, 5.74) is 13.3. The minimum atomic E-state index is 0.143. The van der Waals surface area contributed by atoms with Crippen LogP contribution in [0.4, 0.5) is 11.5 Å². The van der Waals surface area contributed by atoms with Crippen LogP contribution >= 0.6 is 0 Å². The van der Waals surface area contributed by atoms with E-state index in [2.05, 4.69) is 225 Å². The predicted octanol–water partition coefficient (Wildman–Crippen LogP) is 12.9. The average Bonchev–Trinajstić information content (AvgIpc) is 3.99. The molecule has 0 spiro atoms. The van der Waals surface area contributed by atoms with Crippen molar-refractivity contribution in [2.75, 3.05) is 4.90 Å². The molecule has 0 radical (unpaired) electrons. The van der Waals surface area contributed by atoms with Gasteiger partial charge in [0, 0.05) is 55.8 Å². The second-order valence-electron chi connectivity index (χ2n) is 14.9. The van der Waals surface area contributed by atoms with E-state index < -0.39 is 0 Å². The Hall–Kier alpha value is -7.30. The van der Waals surface area contributed by atoms with E-state index in [-0.39, 0.29) is 12.0 Å². The molecule has 3 aromatic heterocycles. The quantitative estimate of drug-likeness (QED) is 0.173. The fourth-order valence-corrected chi connectivity index (χ4v) is 9.65. The summed E-state index contributed by atoms with van der Waals surface area (Å²) in [5, 5.41) is 5.08. The van der Waals surface area contributed by atoms with Crippen molar-refractivity contribution in [1.82, 2.24) is 13.7 Å². The van der Waals surface area contributed by atoms with E-state index in [0.29, 0.717) is 0 Å². The molecule has 4 heterocycles. The average molecular weight is 717 g/mol. The minimum Gasteiger partial charge on any atom is -0.319 e. The van der Waals surface area contributed by atoms with Crippen LogP contribution in [0.2, 0.25) is 0 Å². The molecular formula is C52H36N4. The van der Waals surface area contributed by atoms with Crippen molar-refractivity contribution in [2.24, 2.45) is 0 Å². The van der Waals surface area contributed by atoms with Gasteiger partial charge in [-0.15, -0.1) is 0 Å². The number of anilines is 2. The summed E-state index contributed by atoms with van der Waals surface area (Å²) in [7, 11) is 0. The maximum atomic E-state index is 2.56. The Labute approximate surface area is 324 Å². The second kappa shape index (κ2) is 12.1. The third-order valence-corrected chi connectivity index (χ3v) is 11.9. The Morgan fingerprint density at radius 1 is 0.411 bits per heavy atom. The molecule has 4 nitrogen and oxygen atoms in total. The first-order valence-corrected chi connectivity index (χ1v) is 19.5. The van der Waals surface area contributed by atoms with E-state index in [4.69, 9.17) is 0 Å². The molecule has 264 valence electrons. The molecule has 1 aliphatic heterocycles. The normalized spacial score (nSPS) is 16.2. The van der Waals surface area contributed by atoms with E-state index in [0.717, 1.165) is 11.4 Å². The number of fused-ring (bicyclic) bond motifs is 10. The van der Waals surface area contributed by atoms with Gasteiger partial charge in [0.25, 0.3) is 0 Å². The molecular weight excluding hydrogens is 681 g/mol. The molecule has 7 aromatic carbocycles. The highest BCUT2D eigenvalue weighted by molar-refractivity contribution is 6.23. The number of rotatable bonds is 5. The monoisotopic (exact) mass is 716 g/mol. The summed E-state index contributed by atoms with van der Waals surface area (Å²) in [6, 6.07) is 68.3. The molecule has 0 fully saturated rings. The lowest BCUT2D eigenvalue weighted by Crippen LogP contribution is -2.30. The highest BCUT2D eigenvalue weighted by atomic mass is 15.3. The van der Waals surface area contributed by atoms with Gasteiger partial charge in [0.2, 0.25) is 0 Å². The fraction of sp³-hybridized carbons (Fsp3) is 0.0385. The first-order chi connectivity index (χ1) is 27.8. The molecule has 2 aliphatic rings.